The van der Waals surface area contributed by atoms with Crippen molar-refractivity contribution in [2.75, 3.05) is 5.75 Å². The second kappa shape index (κ2) is 5.77. The summed E-state index contributed by atoms with van der Waals surface area (Å²) >= 11 is 2.01. The Morgan fingerprint density at radius 3 is 2.31 bits per heavy atom. The first-order chi connectivity index (χ1) is 7.29. The van der Waals surface area contributed by atoms with E-state index in [-0.39, 0.29) is 0 Å². The summed E-state index contributed by atoms with van der Waals surface area (Å²) in [6, 6.07) is 0.402. The molecule has 1 rings (SSSR count). The molecule has 0 bridgehead atoms. The van der Waals surface area contributed by atoms with Crippen molar-refractivity contribution in [3.05, 3.63) is 0 Å². The quantitative estimate of drug-likeness (QED) is 0.813. The molecular formula is C14H29NS. The Balaban J connectivity index is 2.34. The van der Waals surface area contributed by atoms with Gasteiger partial charge < -0.3 is 5.73 Å². The lowest BCUT2D eigenvalue weighted by Gasteiger charge is -2.36. The Bertz CT molecular complexity index is 209. The molecule has 0 aromatic heterocycles. The van der Waals surface area contributed by atoms with Crippen LogP contribution in [-0.2, 0) is 0 Å². The molecule has 1 fully saturated rings. The van der Waals surface area contributed by atoms with Crippen LogP contribution in [0.2, 0.25) is 0 Å². The van der Waals surface area contributed by atoms with Gasteiger partial charge in [-0.05, 0) is 30.6 Å². The van der Waals surface area contributed by atoms with E-state index in [0.717, 1.165) is 23.5 Å². The molecule has 0 heterocycles. The van der Waals surface area contributed by atoms with Crippen molar-refractivity contribution in [2.24, 2.45) is 23.5 Å². The third-order valence-electron chi connectivity index (χ3n) is 3.95. The molecule has 0 aromatic carbocycles. The molecule has 96 valence electrons. The summed E-state index contributed by atoms with van der Waals surface area (Å²) < 4.78 is 0.352. The van der Waals surface area contributed by atoms with E-state index in [0.29, 0.717) is 10.8 Å². The number of thioether (sulfide) groups is 1. The van der Waals surface area contributed by atoms with Crippen LogP contribution in [0.15, 0.2) is 0 Å². The van der Waals surface area contributed by atoms with Crippen molar-refractivity contribution in [2.45, 2.75) is 64.7 Å². The van der Waals surface area contributed by atoms with Crippen LogP contribution >= 0.6 is 11.8 Å². The first-order valence-corrected chi connectivity index (χ1v) is 7.67. The summed E-state index contributed by atoms with van der Waals surface area (Å²) in [7, 11) is 0. The minimum atomic E-state index is 0.352. The Morgan fingerprint density at radius 1 is 1.19 bits per heavy atom. The van der Waals surface area contributed by atoms with Crippen LogP contribution in [0, 0.1) is 17.8 Å². The smallest absolute Gasteiger partial charge is 0.0159 e. The van der Waals surface area contributed by atoms with Crippen molar-refractivity contribution in [3.8, 4) is 0 Å². The molecule has 2 heteroatoms. The van der Waals surface area contributed by atoms with E-state index in [1.54, 1.807) is 0 Å². The van der Waals surface area contributed by atoms with Gasteiger partial charge in [-0.1, -0.05) is 41.0 Å². The second-order valence-corrected chi connectivity index (χ2v) is 8.46. The maximum absolute atomic E-state index is 6.34. The number of hydrogen-bond donors (Lipinski definition) is 1. The zero-order valence-corrected chi connectivity index (χ0v) is 12.4. The summed E-state index contributed by atoms with van der Waals surface area (Å²) in [5.41, 5.74) is 6.34. The SMILES string of the molecule is CC1CCC(C(N)CSC(C)(C)C)CC1C. The van der Waals surface area contributed by atoms with Crippen LogP contribution in [0.4, 0.5) is 0 Å². The van der Waals surface area contributed by atoms with Gasteiger partial charge in [0.05, 0.1) is 0 Å². The van der Waals surface area contributed by atoms with E-state index in [9.17, 15) is 0 Å². The highest BCUT2D eigenvalue weighted by Crippen LogP contribution is 2.36. The van der Waals surface area contributed by atoms with Gasteiger partial charge in [0.25, 0.3) is 0 Å². The first-order valence-electron chi connectivity index (χ1n) is 6.69. The molecule has 0 saturated heterocycles. The average molecular weight is 243 g/mol. The highest BCUT2D eigenvalue weighted by Gasteiger charge is 2.28. The molecule has 4 atom stereocenters. The Labute approximate surface area is 106 Å². The summed E-state index contributed by atoms with van der Waals surface area (Å²) in [6.45, 7) is 11.6. The third kappa shape index (κ3) is 4.67. The monoisotopic (exact) mass is 243 g/mol. The summed E-state index contributed by atoms with van der Waals surface area (Å²) in [5, 5.41) is 0. The third-order valence-corrected chi connectivity index (χ3v) is 5.37. The van der Waals surface area contributed by atoms with Crippen molar-refractivity contribution < 1.29 is 0 Å². The first kappa shape index (κ1) is 14.4. The van der Waals surface area contributed by atoms with Crippen LogP contribution in [-0.4, -0.2) is 16.5 Å². The zero-order valence-electron chi connectivity index (χ0n) is 11.6. The fraction of sp³-hybridized carbons (Fsp3) is 1.00. The zero-order chi connectivity index (χ0) is 12.3. The number of hydrogen-bond acceptors (Lipinski definition) is 2. The predicted molar refractivity (Wildman–Crippen MR) is 75.9 cm³/mol. The standard InChI is InChI=1S/C14H29NS/c1-10-6-7-12(8-11(10)2)13(15)9-16-14(3,4)5/h10-13H,6-9,15H2,1-5H3. The van der Waals surface area contributed by atoms with E-state index in [4.69, 9.17) is 5.73 Å². The molecule has 1 saturated carbocycles. The predicted octanol–water partition coefficient (Wildman–Crippen LogP) is 3.92. The van der Waals surface area contributed by atoms with Crippen LogP contribution in [0.5, 0.6) is 0 Å². The lowest BCUT2D eigenvalue weighted by atomic mass is 9.74. The largest absolute Gasteiger partial charge is 0.327 e. The van der Waals surface area contributed by atoms with E-state index < -0.39 is 0 Å². The molecule has 4 unspecified atom stereocenters. The lowest BCUT2D eigenvalue weighted by Crippen LogP contribution is -2.38. The fourth-order valence-corrected chi connectivity index (χ4v) is 3.42. The highest BCUT2D eigenvalue weighted by molar-refractivity contribution is 8.00. The van der Waals surface area contributed by atoms with E-state index in [1.807, 2.05) is 11.8 Å². The van der Waals surface area contributed by atoms with Gasteiger partial charge in [0, 0.05) is 16.5 Å². The molecular weight excluding hydrogens is 214 g/mol. The summed E-state index contributed by atoms with van der Waals surface area (Å²) in [5.74, 6) is 3.65. The Hall–Kier alpha value is 0.310. The van der Waals surface area contributed by atoms with Gasteiger partial charge in [-0.3, -0.25) is 0 Å². The summed E-state index contributed by atoms with van der Waals surface area (Å²) in [6.07, 6.45) is 4.06. The van der Waals surface area contributed by atoms with Crippen LogP contribution < -0.4 is 5.73 Å². The molecule has 0 amide bonds. The van der Waals surface area contributed by atoms with Gasteiger partial charge in [-0.15, -0.1) is 0 Å². The highest BCUT2D eigenvalue weighted by atomic mass is 32.2. The van der Waals surface area contributed by atoms with Crippen molar-refractivity contribution in [3.63, 3.8) is 0 Å². The van der Waals surface area contributed by atoms with E-state index >= 15 is 0 Å². The van der Waals surface area contributed by atoms with Gasteiger partial charge in [-0.25, -0.2) is 0 Å². The lowest BCUT2D eigenvalue weighted by molar-refractivity contribution is 0.191. The summed E-state index contributed by atoms with van der Waals surface area (Å²) in [4.78, 5) is 0. The molecule has 0 spiro atoms. The Morgan fingerprint density at radius 2 is 1.81 bits per heavy atom. The number of nitrogens with two attached hydrogens (primary N) is 1. The van der Waals surface area contributed by atoms with Gasteiger partial charge in [0.2, 0.25) is 0 Å². The van der Waals surface area contributed by atoms with E-state index in [2.05, 4.69) is 34.6 Å². The van der Waals surface area contributed by atoms with Crippen LogP contribution in [0.3, 0.4) is 0 Å². The maximum Gasteiger partial charge on any atom is 0.0159 e. The van der Waals surface area contributed by atoms with Crippen molar-refractivity contribution in [1.82, 2.24) is 0 Å². The van der Waals surface area contributed by atoms with Crippen LogP contribution in [0.25, 0.3) is 0 Å². The molecule has 1 nitrogen and oxygen atoms in total. The number of rotatable bonds is 3. The molecule has 0 aromatic rings. The van der Waals surface area contributed by atoms with Crippen molar-refractivity contribution >= 4 is 11.8 Å². The minimum Gasteiger partial charge on any atom is -0.327 e. The van der Waals surface area contributed by atoms with Crippen molar-refractivity contribution in [1.29, 1.82) is 0 Å². The topological polar surface area (TPSA) is 26.0 Å². The molecule has 16 heavy (non-hydrogen) atoms. The van der Waals surface area contributed by atoms with Gasteiger partial charge >= 0.3 is 0 Å². The van der Waals surface area contributed by atoms with Crippen LogP contribution in [0.1, 0.15) is 53.9 Å². The second-order valence-electron chi connectivity index (χ2n) is 6.61. The minimum absolute atomic E-state index is 0.352. The van der Waals surface area contributed by atoms with Gasteiger partial charge in [0.1, 0.15) is 0 Å². The van der Waals surface area contributed by atoms with Gasteiger partial charge in [0.15, 0.2) is 0 Å². The normalized spacial score (nSPS) is 33.8. The molecule has 0 radical (unpaired) electrons. The molecule has 0 aliphatic heterocycles. The fourth-order valence-electron chi connectivity index (χ4n) is 2.46. The average Bonchev–Trinajstić information content (AvgIpc) is 2.17. The Kier molecular flexibility index (Phi) is 5.18. The van der Waals surface area contributed by atoms with Gasteiger partial charge in [-0.2, -0.15) is 11.8 Å². The molecule has 1 aliphatic rings. The molecule has 1 aliphatic carbocycles. The maximum atomic E-state index is 6.34. The van der Waals surface area contributed by atoms with E-state index in [1.165, 1.54) is 19.3 Å². The molecule has 2 N–H and O–H groups in total.